The van der Waals surface area contributed by atoms with E-state index in [2.05, 4.69) is 17.6 Å². The summed E-state index contributed by atoms with van der Waals surface area (Å²) in [6, 6.07) is 18.1. The van der Waals surface area contributed by atoms with Crippen LogP contribution in [-0.2, 0) is 27.3 Å². The molecule has 3 amide bonds. The van der Waals surface area contributed by atoms with Crippen LogP contribution in [0.2, 0.25) is 0 Å². The Balaban J connectivity index is 1.25. The van der Waals surface area contributed by atoms with Gasteiger partial charge in [0.25, 0.3) is 5.91 Å². The molecule has 1 atom stereocenters. The molecule has 0 bridgehead atoms. The van der Waals surface area contributed by atoms with Gasteiger partial charge < -0.3 is 24.7 Å². The van der Waals surface area contributed by atoms with E-state index < -0.39 is 5.92 Å². The first-order chi connectivity index (χ1) is 16.5. The van der Waals surface area contributed by atoms with Crippen molar-refractivity contribution in [2.24, 2.45) is 5.92 Å². The number of nitrogens with zero attached hydrogens (tertiary/aromatic N) is 1. The Morgan fingerprint density at radius 1 is 1.09 bits per heavy atom. The summed E-state index contributed by atoms with van der Waals surface area (Å²) < 4.78 is 10.8. The van der Waals surface area contributed by atoms with Crippen LogP contribution in [0, 0.1) is 5.92 Å². The smallest absolute Gasteiger partial charge is 0.262 e. The lowest BCUT2D eigenvalue weighted by atomic mass is 10.1. The van der Waals surface area contributed by atoms with Gasteiger partial charge in [-0.15, -0.1) is 0 Å². The molecule has 2 aromatic carbocycles. The van der Waals surface area contributed by atoms with E-state index >= 15 is 0 Å². The summed E-state index contributed by atoms with van der Waals surface area (Å²) in [5.74, 6) is 0.204. The van der Waals surface area contributed by atoms with E-state index in [9.17, 15) is 14.4 Å². The number of aryl methyl sites for hydroxylation is 1. The Hall–Kier alpha value is -4.07. The second kappa shape index (κ2) is 10.7. The van der Waals surface area contributed by atoms with E-state index in [4.69, 9.17) is 9.15 Å². The lowest BCUT2D eigenvalue weighted by Crippen LogP contribution is -2.32. The summed E-state index contributed by atoms with van der Waals surface area (Å²) >= 11 is 0. The van der Waals surface area contributed by atoms with Crippen molar-refractivity contribution >= 4 is 29.1 Å². The van der Waals surface area contributed by atoms with Gasteiger partial charge in [0.1, 0.15) is 11.5 Å². The molecule has 2 N–H and O–H groups in total. The minimum atomic E-state index is -0.423. The van der Waals surface area contributed by atoms with Crippen LogP contribution in [0.5, 0.6) is 5.75 Å². The fourth-order valence-electron chi connectivity index (χ4n) is 3.76. The van der Waals surface area contributed by atoms with Crippen LogP contribution < -0.4 is 20.3 Å². The minimum absolute atomic E-state index is 0.111. The molecule has 1 fully saturated rings. The summed E-state index contributed by atoms with van der Waals surface area (Å²) in [6.45, 7) is 2.55. The molecular weight excluding hydrogens is 434 g/mol. The third-order valence-corrected chi connectivity index (χ3v) is 5.68. The fourth-order valence-corrected chi connectivity index (χ4v) is 3.76. The quantitative estimate of drug-likeness (QED) is 0.508. The van der Waals surface area contributed by atoms with Gasteiger partial charge >= 0.3 is 0 Å². The van der Waals surface area contributed by atoms with Gasteiger partial charge in [-0.2, -0.15) is 0 Å². The first-order valence-electron chi connectivity index (χ1n) is 11.2. The van der Waals surface area contributed by atoms with E-state index in [1.807, 2.05) is 24.3 Å². The van der Waals surface area contributed by atoms with Crippen LogP contribution in [-0.4, -0.2) is 30.9 Å². The number of hydrogen-bond donors (Lipinski definition) is 2. The van der Waals surface area contributed by atoms with Crippen molar-refractivity contribution in [2.45, 2.75) is 26.3 Å². The average Bonchev–Trinajstić information content (AvgIpc) is 3.52. The Kier molecular flexibility index (Phi) is 7.27. The molecule has 1 aliphatic rings. The summed E-state index contributed by atoms with van der Waals surface area (Å²) in [4.78, 5) is 38.7. The highest BCUT2D eigenvalue weighted by Gasteiger charge is 2.35. The van der Waals surface area contributed by atoms with E-state index in [0.717, 1.165) is 12.1 Å². The van der Waals surface area contributed by atoms with Crippen molar-refractivity contribution < 1.29 is 23.5 Å². The number of anilines is 2. The summed E-state index contributed by atoms with van der Waals surface area (Å²) in [5, 5.41) is 5.61. The number of rotatable bonds is 9. The van der Waals surface area contributed by atoms with Gasteiger partial charge in [0, 0.05) is 24.3 Å². The Morgan fingerprint density at radius 2 is 1.85 bits per heavy atom. The van der Waals surface area contributed by atoms with Crippen LogP contribution >= 0.6 is 0 Å². The highest BCUT2D eigenvalue weighted by atomic mass is 16.5. The molecule has 2 heterocycles. The maximum absolute atomic E-state index is 12.5. The number of carbonyl (C=O) groups is 3. The fraction of sp³-hybridized carbons (Fsp3) is 0.269. The predicted molar refractivity (Wildman–Crippen MR) is 127 cm³/mol. The third-order valence-electron chi connectivity index (χ3n) is 5.68. The summed E-state index contributed by atoms with van der Waals surface area (Å²) in [5.41, 5.74) is 2.60. The van der Waals surface area contributed by atoms with Crippen LogP contribution in [0.1, 0.15) is 24.7 Å². The first-order valence-corrected chi connectivity index (χ1v) is 11.2. The molecule has 34 heavy (non-hydrogen) atoms. The molecule has 0 unspecified atom stereocenters. The van der Waals surface area contributed by atoms with Crippen molar-refractivity contribution in [3.05, 3.63) is 78.3 Å². The van der Waals surface area contributed by atoms with Gasteiger partial charge in [0.2, 0.25) is 11.8 Å². The zero-order valence-corrected chi connectivity index (χ0v) is 19.0. The maximum Gasteiger partial charge on any atom is 0.262 e. The molecule has 4 rings (SSSR count). The van der Waals surface area contributed by atoms with Gasteiger partial charge in [-0.25, -0.2) is 0 Å². The number of hydrogen-bond acceptors (Lipinski definition) is 5. The van der Waals surface area contributed by atoms with Crippen molar-refractivity contribution in [1.29, 1.82) is 0 Å². The molecule has 1 saturated heterocycles. The monoisotopic (exact) mass is 461 g/mol. The number of benzene rings is 2. The second-order valence-corrected chi connectivity index (χ2v) is 8.08. The van der Waals surface area contributed by atoms with Crippen molar-refractivity contribution in [3.63, 3.8) is 0 Å². The summed E-state index contributed by atoms with van der Waals surface area (Å²) in [7, 11) is 0. The number of nitrogens with one attached hydrogen (secondary N) is 2. The van der Waals surface area contributed by atoms with Crippen molar-refractivity contribution in [3.8, 4) is 5.75 Å². The standard InChI is InChI=1S/C26H27N3O5/c1-2-18-5-7-20(8-6-18)28-24(30)17-34-22-11-9-21(10-12-22)29-16-19(14-25(29)31)26(32)27-15-23-4-3-13-33-23/h3-13,19H,2,14-17H2,1H3,(H,27,32)(H,28,30)/t19-/m0/s1. The lowest BCUT2D eigenvalue weighted by Gasteiger charge is -2.17. The van der Waals surface area contributed by atoms with Gasteiger partial charge in [-0.05, 0) is 60.5 Å². The van der Waals surface area contributed by atoms with Gasteiger partial charge in [-0.3, -0.25) is 14.4 Å². The van der Waals surface area contributed by atoms with E-state index in [1.165, 1.54) is 5.56 Å². The number of carbonyl (C=O) groups excluding carboxylic acids is 3. The molecule has 176 valence electrons. The van der Waals surface area contributed by atoms with Crippen LogP contribution in [0.15, 0.2) is 71.3 Å². The minimum Gasteiger partial charge on any atom is -0.484 e. The molecule has 8 nitrogen and oxygen atoms in total. The van der Waals surface area contributed by atoms with E-state index in [-0.39, 0.29) is 30.7 Å². The topological polar surface area (TPSA) is 101 Å². The number of ether oxygens (including phenoxy) is 1. The molecule has 8 heteroatoms. The van der Waals surface area contributed by atoms with E-state index in [1.54, 1.807) is 47.6 Å². The number of furan rings is 1. The maximum atomic E-state index is 12.5. The molecular formula is C26H27N3O5. The average molecular weight is 462 g/mol. The molecule has 0 saturated carbocycles. The highest BCUT2D eigenvalue weighted by Crippen LogP contribution is 2.27. The molecule has 0 radical (unpaired) electrons. The Labute approximate surface area is 197 Å². The molecule has 1 aliphatic heterocycles. The van der Waals surface area contributed by atoms with Gasteiger partial charge in [-0.1, -0.05) is 19.1 Å². The zero-order chi connectivity index (χ0) is 23.9. The van der Waals surface area contributed by atoms with Crippen molar-refractivity contribution in [1.82, 2.24) is 5.32 Å². The Morgan fingerprint density at radius 3 is 2.53 bits per heavy atom. The lowest BCUT2D eigenvalue weighted by molar-refractivity contribution is -0.126. The highest BCUT2D eigenvalue weighted by molar-refractivity contribution is 6.00. The predicted octanol–water partition coefficient (Wildman–Crippen LogP) is 3.53. The van der Waals surface area contributed by atoms with Crippen LogP contribution in [0.3, 0.4) is 0 Å². The normalized spacial score (nSPS) is 15.3. The first kappa shape index (κ1) is 23.1. The van der Waals surface area contributed by atoms with Crippen LogP contribution in [0.4, 0.5) is 11.4 Å². The zero-order valence-electron chi connectivity index (χ0n) is 19.0. The van der Waals surface area contributed by atoms with Gasteiger partial charge in [0.05, 0.1) is 18.7 Å². The number of amides is 3. The third kappa shape index (κ3) is 5.83. The molecule has 3 aromatic rings. The van der Waals surface area contributed by atoms with E-state index in [0.29, 0.717) is 30.3 Å². The van der Waals surface area contributed by atoms with Crippen molar-refractivity contribution in [2.75, 3.05) is 23.4 Å². The Bertz CT molecular complexity index is 1120. The molecule has 0 aliphatic carbocycles. The molecule has 0 spiro atoms. The van der Waals surface area contributed by atoms with Gasteiger partial charge in [0.15, 0.2) is 6.61 Å². The summed E-state index contributed by atoms with van der Waals surface area (Å²) in [6.07, 6.45) is 2.64. The molecule has 1 aromatic heterocycles. The van der Waals surface area contributed by atoms with Crippen LogP contribution in [0.25, 0.3) is 0 Å². The largest absolute Gasteiger partial charge is 0.484 e. The SMILES string of the molecule is CCc1ccc(NC(=O)COc2ccc(N3C[C@@H](C(=O)NCc4ccco4)CC3=O)cc2)cc1. The second-order valence-electron chi connectivity index (χ2n) is 8.08.